The Hall–Kier alpha value is -2.16. The van der Waals surface area contributed by atoms with Crippen molar-refractivity contribution >= 4 is 39.0 Å². The highest BCUT2D eigenvalue weighted by molar-refractivity contribution is 7.89. The minimum Gasteiger partial charge on any atom is -0.371 e. The molecule has 1 saturated heterocycles. The number of carbonyl (C=O) groups is 1. The number of halogens is 1. The van der Waals surface area contributed by atoms with E-state index in [-0.39, 0.29) is 4.90 Å². The fraction of sp³-hybridized carbons (Fsp3) is 0.368. The minimum absolute atomic E-state index is 0.0764. The van der Waals surface area contributed by atoms with E-state index in [1.807, 2.05) is 0 Å². The van der Waals surface area contributed by atoms with Crippen LogP contribution in [0.4, 0.5) is 11.5 Å². The van der Waals surface area contributed by atoms with Crippen LogP contribution in [0.3, 0.4) is 0 Å². The number of benzene rings is 1. The first kappa shape index (κ1) is 20.6. The summed E-state index contributed by atoms with van der Waals surface area (Å²) in [7, 11) is -0.730. The summed E-state index contributed by atoms with van der Waals surface area (Å²) in [6.07, 6.45) is 4.67. The fourth-order valence-electron chi connectivity index (χ4n) is 3.11. The topological polar surface area (TPSA) is 82.6 Å². The average Bonchev–Trinajstić information content (AvgIpc) is 2.69. The molecule has 1 aromatic heterocycles. The second-order valence-corrected chi connectivity index (χ2v) is 9.42. The summed E-state index contributed by atoms with van der Waals surface area (Å²) in [5, 5.41) is 3.19. The molecule has 0 spiro atoms. The highest BCUT2D eigenvalue weighted by Gasteiger charge is 2.24. The number of amides is 1. The zero-order valence-electron chi connectivity index (χ0n) is 15.9. The summed E-state index contributed by atoms with van der Waals surface area (Å²) in [6, 6.07) is 7.93. The Balaban J connectivity index is 2.00. The fourth-order valence-corrected chi connectivity index (χ4v) is 4.15. The average molecular weight is 423 g/mol. The van der Waals surface area contributed by atoms with Crippen LogP contribution in [0.25, 0.3) is 0 Å². The molecule has 1 aromatic carbocycles. The molecule has 2 heterocycles. The van der Waals surface area contributed by atoms with E-state index in [1.165, 1.54) is 26.4 Å². The van der Waals surface area contributed by atoms with Crippen LogP contribution < -0.4 is 10.2 Å². The molecule has 0 atom stereocenters. The predicted octanol–water partition coefficient (Wildman–Crippen LogP) is 3.23. The molecule has 0 saturated carbocycles. The predicted molar refractivity (Wildman–Crippen MR) is 111 cm³/mol. The standard InChI is InChI=1S/C19H23ClN4O3S/c1-23(2)28(26,27)15-7-8-17(24-10-4-3-5-11-24)16(12-15)19(25)22-18-9-6-14(20)13-21-18/h6-9,12-13H,3-5,10-11H2,1-2H3,(H,21,22,25). The zero-order chi connectivity index (χ0) is 20.3. The Morgan fingerprint density at radius 3 is 2.46 bits per heavy atom. The Morgan fingerprint density at radius 2 is 1.86 bits per heavy atom. The minimum atomic E-state index is -3.66. The summed E-state index contributed by atoms with van der Waals surface area (Å²) in [5.74, 6) is -0.0638. The van der Waals surface area contributed by atoms with E-state index in [1.54, 1.807) is 24.3 Å². The van der Waals surface area contributed by atoms with Crippen LogP contribution in [-0.4, -0.2) is 50.8 Å². The van der Waals surface area contributed by atoms with Crippen molar-refractivity contribution in [1.82, 2.24) is 9.29 Å². The first-order valence-corrected chi connectivity index (χ1v) is 10.9. The van der Waals surface area contributed by atoms with E-state index in [0.717, 1.165) is 42.3 Å². The van der Waals surface area contributed by atoms with Crippen LogP contribution in [-0.2, 0) is 10.0 Å². The summed E-state index contributed by atoms with van der Waals surface area (Å²) in [6.45, 7) is 1.67. The quantitative estimate of drug-likeness (QED) is 0.799. The molecule has 0 radical (unpaired) electrons. The molecule has 2 aromatic rings. The monoisotopic (exact) mass is 422 g/mol. The molecule has 1 N–H and O–H groups in total. The van der Waals surface area contributed by atoms with Gasteiger partial charge in [-0.25, -0.2) is 17.7 Å². The molecule has 0 unspecified atom stereocenters. The number of sulfonamides is 1. The molecule has 7 nitrogen and oxygen atoms in total. The molecule has 28 heavy (non-hydrogen) atoms. The molecule has 150 valence electrons. The number of rotatable bonds is 5. The normalized spacial score (nSPS) is 14.9. The summed E-state index contributed by atoms with van der Waals surface area (Å²) >= 11 is 5.84. The van der Waals surface area contributed by atoms with E-state index >= 15 is 0 Å². The first-order valence-electron chi connectivity index (χ1n) is 9.03. The molecule has 0 bridgehead atoms. The van der Waals surface area contributed by atoms with Gasteiger partial charge in [-0.3, -0.25) is 4.79 Å². The van der Waals surface area contributed by atoms with Gasteiger partial charge in [0.1, 0.15) is 5.82 Å². The molecule has 1 fully saturated rings. The van der Waals surface area contributed by atoms with Crippen LogP contribution in [0, 0.1) is 0 Å². The van der Waals surface area contributed by atoms with Crippen molar-refractivity contribution in [3.8, 4) is 0 Å². The number of carbonyl (C=O) groups excluding carboxylic acids is 1. The first-order chi connectivity index (χ1) is 13.3. The highest BCUT2D eigenvalue weighted by atomic mass is 35.5. The largest absolute Gasteiger partial charge is 0.371 e. The van der Waals surface area contributed by atoms with Crippen LogP contribution >= 0.6 is 11.6 Å². The number of hydrogen-bond acceptors (Lipinski definition) is 5. The molecular weight excluding hydrogens is 400 g/mol. The molecule has 1 aliphatic heterocycles. The number of aromatic nitrogens is 1. The van der Waals surface area contributed by atoms with Crippen LogP contribution in [0.5, 0.6) is 0 Å². The Labute approximate surface area is 170 Å². The van der Waals surface area contributed by atoms with Crippen LogP contribution in [0.2, 0.25) is 5.02 Å². The van der Waals surface area contributed by atoms with Gasteiger partial charge in [0, 0.05) is 39.1 Å². The van der Waals surface area contributed by atoms with E-state index in [4.69, 9.17) is 11.6 Å². The second-order valence-electron chi connectivity index (χ2n) is 6.83. The van der Waals surface area contributed by atoms with Crippen molar-refractivity contribution in [2.45, 2.75) is 24.2 Å². The second kappa shape index (κ2) is 8.46. The summed E-state index contributed by atoms with van der Waals surface area (Å²) in [4.78, 5) is 19.3. The van der Waals surface area contributed by atoms with Crippen molar-refractivity contribution in [2.75, 3.05) is 37.4 Å². The van der Waals surface area contributed by atoms with Crippen molar-refractivity contribution in [1.29, 1.82) is 0 Å². The number of pyridine rings is 1. The molecule has 3 rings (SSSR count). The van der Waals surface area contributed by atoms with Gasteiger partial charge >= 0.3 is 0 Å². The van der Waals surface area contributed by atoms with Crippen LogP contribution in [0.15, 0.2) is 41.4 Å². The zero-order valence-corrected chi connectivity index (χ0v) is 17.4. The maximum atomic E-state index is 13.0. The lowest BCUT2D eigenvalue weighted by Crippen LogP contribution is -2.32. The smallest absolute Gasteiger partial charge is 0.258 e. The number of nitrogens with one attached hydrogen (secondary N) is 1. The van der Waals surface area contributed by atoms with E-state index < -0.39 is 15.9 Å². The number of anilines is 2. The summed E-state index contributed by atoms with van der Waals surface area (Å²) < 4.78 is 26.2. The maximum absolute atomic E-state index is 13.0. The van der Waals surface area contributed by atoms with Crippen molar-refractivity contribution in [2.24, 2.45) is 0 Å². The molecule has 9 heteroatoms. The van der Waals surface area contributed by atoms with Crippen molar-refractivity contribution < 1.29 is 13.2 Å². The third-order valence-corrected chi connectivity index (χ3v) is 6.69. The summed E-state index contributed by atoms with van der Waals surface area (Å²) in [5.41, 5.74) is 1.03. The van der Waals surface area contributed by atoms with Gasteiger partial charge in [0.15, 0.2) is 0 Å². The van der Waals surface area contributed by atoms with Gasteiger partial charge in [-0.05, 0) is 49.6 Å². The molecule has 0 aliphatic carbocycles. The van der Waals surface area contributed by atoms with Gasteiger partial charge in [-0.1, -0.05) is 11.6 Å². The highest BCUT2D eigenvalue weighted by Crippen LogP contribution is 2.28. The lowest BCUT2D eigenvalue weighted by molar-refractivity contribution is 0.102. The Bertz CT molecular complexity index is 956. The lowest BCUT2D eigenvalue weighted by Gasteiger charge is -2.30. The van der Waals surface area contributed by atoms with Crippen molar-refractivity contribution in [3.63, 3.8) is 0 Å². The van der Waals surface area contributed by atoms with E-state index in [2.05, 4.69) is 15.2 Å². The van der Waals surface area contributed by atoms with Gasteiger partial charge in [0.2, 0.25) is 10.0 Å². The number of hydrogen-bond donors (Lipinski definition) is 1. The third-order valence-electron chi connectivity index (χ3n) is 4.66. The SMILES string of the molecule is CN(C)S(=O)(=O)c1ccc(N2CCCCC2)c(C(=O)Nc2ccc(Cl)cn2)c1. The van der Waals surface area contributed by atoms with Crippen molar-refractivity contribution in [3.05, 3.63) is 47.1 Å². The lowest BCUT2D eigenvalue weighted by atomic mass is 10.1. The van der Waals surface area contributed by atoms with E-state index in [0.29, 0.717) is 16.4 Å². The van der Waals surface area contributed by atoms with E-state index in [9.17, 15) is 13.2 Å². The van der Waals surface area contributed by atoms with Gasteiger partial charge in [0.25, 0.3) is 5.91 Å². The van der Waals surface area contributed by atoms with Crippen LogP contribution in [0.1, 0.15) is 29.6 Å². The Morgan fingerprint density at radius 1 is 1.14 bits per heavy atom. The molecular formula is C19H23ClN4O3S. The Kier molecular flexibility index (Phi) is 6.22. The van der Waals surface area contributed by atoms with Gasteiger partial charge in [0.05, 0.1) is 15.5 Å². The van der Waals surface area contributed by atoms with Gasteiger partial charge < -0.3 is 10.2 Å². The number of nitrogens with zero attached hydrogens (tertiary/aromatic N) is 3. The maximum Gasteiger partial charge on any atom is 0.258 e. The van der Waals surface area contributed by atoms with Gasteiger partial charge in [-0.2, -0.15) is 0 Å². The van der Waals surface area contributed by atoms with Gasteiger partial charge in [-0.15, -0.1) is 0 Å². The molecule has 1 aliphatic rings. The number of piperidine rings is 1. The third kappa shape index (κ3) is 4.45. The molecule has 1 amide bonds.